The number of hydrogen-bond acceptors (Lipinski definition) is 3. The van der Waals surface area contributed by atoms with Gasteiger partial charge < -0.3 is 14.4 Å². The number of rotatable bonds is 5. The second-order valence-corrected chi connectivity index (χ2v) is 5.06. The number of ether oxygens (including phenoxy) is 1. The Kier molecular flexibility index (Phi) is 4.29. The van der Waals surface area contributed by atoms with E-state index >= 15 is 0 Å². The fraction of sp³-hybridized carbons (Fsp3) is 0.286. The summed E-state index contributed by atoms with van der Waals surface area (Å²) in [6.07, 6.45) is 3.43. The van der Waals surface area contributed by atoms with E-state index in [0.717, 1.165) is 5.69 Å². The molecule has 0 unspecified atom stereocenters. The van der Waals surface area contributed by atoms with Crippen molar-refractivity contribution in [1.29, 1.82) is 0 Å². The lowest BCUT2D eigenvalue weighted by Crippen LogP contribution is -2.09. The molecule has 20 heavy (non-hydrogen) atoms. The number of hydrogen-bond donors (Lipinski definition) is 1. The molecule has 6 heteroatoms. The highest BCUT2D eigenvalue weighted by Gasteiger charge is 2.13. The molecule has 0 aliphatic heterocycles. The van der Waals surface area contributed by atoms with Crippen molar-refractivity contribution >= 4 is 17.6 Å². The van der Waals surface area contributed by atoms with Gasteiger partial charge in [-0.25, -0.2) is 9.78 Å². The molecule has 0 aliphatic carbocycles. The zero-order valence-corrected chi connectivity index (χ0v) is 12.0. The van der Waals surface area contributed by atoms with Gasteiger partial charge in [-0.2, -0.15) is 0 Å². The Morgan fingerprint density at radius 2 is 2.25 bits per heavy atom. The van der Waals surface area contributed by atoms with E-state index in [-0.39, 0.29) is 18.2 Å². The topological polar surface area (TPSA) is 64.4 Å². The molecule has 1 aromatic heterocycles. The lowest BCUT2D eigenvalue weighted by molar-refractivity contribution is 0.0691. The molecule has 0 fully saturated rings. The predicted molar refractivity (Wildman–Crippen MR) is 75.4 cm³/mol. The van der Waals surface area contributed by atoms with Crippen molar-refractivity contribution < 1.29 is 14.6 Å². The van der Waals surface area contributed by atoms with E-state index in [2.05, 4.69) is 4.98 Å². The summed E-state index contributed by atoms with van der Waals surface area (Å²) in [7, 11) is 0. The zero-order valence-electron chi connectivity index (χ0n) is 11.2. The van der Waals surface area contributed by atoms with Gasteiger partial charge in [0.15, 0.2) is 0 Å². The molecule has 1 heterocycles. The van der Waals surface area contributed by atoms with Crippen molar-refractivity contribution in [3.8, 4) is 5.75 Å². The van der Waals surface area contributed by atoms with Crippen LogP contribution in [0.4, 0.5) is 0 Å². The molecule has 2 aromatic rings. The first-order chi connectivity index (χ1) is 9.49. The van der Waals surface area contributed by atoms with Gasteiger partial charge in [0, 0.05) is 11.1 Å². The van der Waals surface area contributed by atoms with Gasteiger partial charge in [-0.1, -0.05) is 11.6 Å². The van der Waals surface area contributed by atoms with Crippen LogP contribution in [0, 0.1) is 0 Å². The first-order valence-corrected chi connectivity index (χ1v) is 6.53. The van der Waals surface area contributed by atoms with Crippen LogP contribution in [0.1, 0.15) is 35.9 Å². The molecule has 0 amide bonds. The SMILES string of the molecule is CC(C)n1cncc1COc1ccc(Cl)cc1C(=O)O. The molecule has 0 bridgehead atoms. The third-order valence-electron chi connectivity index (χ3n) is 2.85. The van der Waals surface area contributed by atoms with E-state index in [4.69, 9.17) is 21.4 Å². The van der Waals surface area contributed by atoms with Gasteiger partial charge in [-0.05, 0) is 32.0 Å². The molecule has 2 rings (SSSR count). The van der Waals surface area contributed by atoms with Gasteiger partial charge in [0.1, 0.15) is 17.9 Å². The van der Waals surface area contributed by atoms with Gasteiger partial charge in [-0.3, -0.25) is 0 Å². The lowest BCUT2D eigenvalue weighted by atomic mass is 10.2. The Morgan fingerprint density at radius 3 is 2.90 bits per heavy atom. The Hall–Kier alpha value is -2.01. The molecule has 1 aromatic carbocycles. The second kappa shape index (κ2) is 5.96. The van der Waals surface area contributed by atoms with Crippen molar-refractivity contribution in [3.05, 3.63) is 47.0 Å². The second-order valence-electron chi connectivity index (χ2n) is 4.62. The summed E-state index contributed by atoms with van der Waals surface area (Å²) in [5, 5.41) is 9.50. The van der Waals surface area contributed by atoms with Crippen LogP contribution >= 0.6 is 11.6 Å². The number of carboxylic acid groups (broad SMARTS) is 1. The number of nitrogens with zero attached hydrogens (tertiary/aromatic N) is 2. The summed E-state index contributed by atoms with van der Waals surface area (Å²) in [5.74, 6) is -0.779. The summed E-state index contributed by atoms with van der Waals surface area (Å²) in [5.41, 5.74) is 0.930. The fourth-order valence-corrected chi connectivity index (χ4v) is 2.03. The number of aromatic carboxylic acids is 1. The van der Waals surface area contributed by atoms with Crippen LogP contribution < -0.4 is 4.74 Å². The van der Waals surface area contributed by atoms with Crippen molar-refractivity contribution in [2.75, 3.05) is 0 Å². The maximum Gasteiger partial charge on any atom is 0.339 e. The number of imidazole rings is 1. The van der Waals surface area contributed by atoms with E-state index < -0.39 is 5.97 Å². The standard InChI is InChI=1S/C14H15ClN2O3/c1-9(2)17-8-16-6-11(17)7-20-13-4-3-10(15)5-12(13)14(18)19/h3-6,8-9H,7H2,1-2H3,(H,18,19). The van der Waals surface area contributed by atoms with Crippen LogP contribution in [-0.4, -0.2) is 20.6 Å². The molecule has 0 atom stereocenters. The fourth-order valence-electron chi connectivity index (χ4n) is 1.86. The molecule has 0 radical (unpaired) electrons. The lowest BCUT2D eigenvalue weighted by Gasteiger charge is -2.13. The molecule has 0 saturated heterocycles. The summed E-state index contributed by atoms with van der Waals surface area (Å²) < 4.78 is 7.56. The van der Waals surface area contributed by atoms with Crippen molar-refractivity contribution in [2.45, 2.75) is 26.5 Å². The van der Waals surface area contributed by atoms with Gasteiger partial charge in [-0.15, -0.1) is 0 Å². The normalized spacial score (nSPS) is 10.8. The average Bonchev–Trinajstić information content (AvgIpc) is 2.85. The minimum absolute atomic E-state index is 0.0492. The predicted octanol–water partition coefficient (Wildman–Crippen LogP) is 3.39. The van der Waals surface area contributed by atoms with Crippen LogP contribution in [0.3, 0.4) is 0 Å². The Morgan fingerprint density at radius 1 is 1.50 bits per heavy atom. The summed E-state index contributed by atoms with van der Waals surface area (Å²) in [4.78, 5) is 15.2. The summed E-state index contributed by atoms with van der Waals surface area (Å²) in [6.45, 7) is 4.33. The zero-order chi connectivity index (χ0) is 14.7. The molecule has 5 nitrogen and oxygen atoms in total. The van der Waals surface area contributed by atoms with E-state index in [9.17, 15) is 4.79 Å². The van der Waals surface area contributed by atoms with Gasteiger partial charge in [0.05, 0.1) is 18.2 Å². The minimum Gasteiger partial charge on any atom is -0.486 e. The van der Waals surface area contributed by atoms with E-state index in [1.807, 2.05) is 18.4 Å². The van der Waals surface area contributed by atoms with Crippen molar-refractivity contribution in [1.82, 2.24) is 9.55 Å². The van der Waals surface area contributed by atoms with Crippen LogP contribution in [0.2, 0.25) is 5.02 Å². The molecule has 0 saturated carbocycles. The van der Waals surface area contributed by atoms with Gasteiger partial charge in [0.25, 0.3) is 0 Å². The minimum atomic E-state index is -1.07. The Labute approximate surface area is 121 Å². The van der Waals surface area contributed by atoms with Crippen LogP contribution in [0.25, 0.3) is 0 Å². The molecular weight excluding hydrogens is 280 g/mol. The Bertz CT molecular complexity index is 623. The first-order valence-electron chi connectivity index (χ1n) is 6.15. The van der Waals surface area contributed by atoms with Crippen LogP contribution in [0.5, 0.6) is 5.75 Å². The van der Waals surface area contributed by atoms with Crippen LogP contribution in [-0.2, 0) is 6.61 Å². The van der Waals surface area contributed by atoms with Crippen molar-refractivity contribution in [3.63, 3.8) is 0 Å². The molecule has 0 aliphatic rings. The smallest absolute Gasteiger partial charge is 0.339 e. The molecular formula is C14H15ClN2O3. The first kappa shape index (κ1) is 14.4. The van der Waals surface area contributed by atoms with E-state index in [1.165, 1.54) is 6.07 Å². The highest BCUT2D eigenvalue weighted by atomic mass is 35.5. The monoisotopic (exact) mass is 294 g/mol. The quantitative estimate of drug-likeness (QED) is 0.918. The highest BCUT2D eigenvalue weighted by Crippen LogP contribution is 2.24. The summed E-state index contributed by atoms with van der Waals surface area (Å²) in [6, 6.07) is 4.80. The van der Waals surface area contributed by atoms with Gasteiger partial charge in [0.2, 0.25) is 0 Å². The maximum atomic E-state index is 11.2. The third kappa shape index (κ3) is 3.11. The van der Waals surface area contributed by atoms with E-state index in [1.54, 1.807) is 24.7 Å². The molecule has 106 valence electrons. The summed E-state index contributed by atoms with van der Waals surface area (Å²) >= 11 is 5.79. The average molecular weight is 295 g/mol. The largest absolute Gasteiger partial charge is 0.486 e. The number of aromatic nitrogens is 2. The maximum absolute atomic E-state index is 11.2. The Balaban J connectivity index is 2.19. The van der Waals surface area contributed by atoms with Crippen LogP contribution in [0.15, 0.2) is 30.7 Å². The van der Waals surface area contributed by atoms with Crippen molar-refractivity contribution in [2.24, 2.45) is 0 Å². The molecule has 1 N–H and O–H groups in total. The number of carboxylic acids is 1. The molecule has 0 spiro atoms. The van der Waals surface area contributed by atoms with Gasteiger partial charge >= 0.3 is 5.97 Å². The number of benzene rings is 1. The highest BCUT2D eigenvalue weighted by molar-refractivity contribution is 6.31. The third-order valence-corrected chi connectivity index (χ3v) is 3.09. The number of halogens is 1. The van der Waals surface area contributed by atoms with E-state index in [0.29, 0.717) is 10.8 Å². The number of carbonyl (C=O) groups is 1.